The van der Waals surface area contributed by atoms with Gasteiger partial charge < -0.3 is 30.3 Å². The number of benzene rings is 3. The van der Waals surface area contributed by atoms with Gasteiger partial charge in [-0.25, -0.2) is 4.98 Å². The third kappa shape index (κ3) is 10.8. The molecule has 3 fully saturated rings. The number of amides is 4. The molecule has 4 amide bonds. The van der Waals surface area contributed by atoms with Crippen LogP contribution in [0.15, 0.2) is 91.1 Å². The number of aryl methyl sites for hydroxylation is 1. The maximum absolute atomic E-state index is 13.7. The van der Waals surface area contributed by atoms with Crippen molar-refractivity contribution in [1.29, 1.82) is 0 Å². The van der Waals surface area contributed by atoms with Crippen molar-refractivity contribution in [2.45, 2.75) is 89.2 Å². The Morgan fingerprint density at radius 3 is 2.26 bits per heavy atom. The number of nitrogens with two attached hydrogens (primary N) is 1. The number of unbranched alkanes of at least 4 members (excludes halogenated alkanes) is 6. The van der Waals surface area contributed by atoms with Crippen LogP contribution < -0.4 is 30.5 Å². The van der Waals surface area contributed by atoms with Crippen molar-refractivity contribution in [1.82, 2.24) is 30.3 Å². The van der Waals surface area contributed by atoms with Crippen LogP contribution in [0.1, 0.15) is 96.9 Å². The number of aromatic hydroxyl groups is 1. The molecule has 2 atom stereocenters. The summed E-state index contributed by atoms with van der Waals surface area (Å²) in [5.41, 5.74) is 11.9. The monoisotopic (exact) mass is 934 g/mol. The molecule has 9 rings (SSSR count). The highest BCUT2D eigenvalue weighted by Gasteiger charge is 2.46. The van der Waals surface area contributed by atoms with Crippen molar-refractivity contribution in [2.75, 3.05) is 73.3 Å². The summed E-state index contributed by atoms with van der Waals surface area (Å²) in [5.74, 6) is -0.565. The predicted octanol–water partition coefficient (Wildman–Crippen LogP) is 7.14. The number of ether oxygens (including phenoxy) is 1. The van der Waals surface area contributed by atoms with E-state index in [0.717, 1.165) is 88.4 Å². The first-order chi connectivity index (χ1) is 33.6. The smallest absolute Gasteiger partial charge is 0.264 e. The van der Waals surface area contributed by atoms with E-state index in [1.54, 1.807) is 48.7 Å². The molecule has 6 heterocycles. The van der Waals surface area contributed by atoms with Crippen molar-refractivity contribution in [3.8, 4) is 22.8 Å². The van der Waals surface area contributed by atoms with Crippen molar-refractivity contribution in [3.63, 3.8) is 0 Å². The summed E-state index contributed by atoms with van der Waals surface area (Å²) in [4.78, 5) is 66.2. The van der Waals surface area contributed by atoms with Crippen LogP contribution in [0.3, 0.4) is 0 Å². The second kappa shape index (κ2) is 21.5. The zero-order valence-electron chi connectivity index (χ0n) is 39.4. The molecule has 4 aliphatic heterocycles. The molecular weight excluding hydrogens is 873 g/mol. The number of piperidine rings is 2. The van der Waals surface area contributed by atoms with E-state index < -0.39 is 29.7 Å². The number of para-hydroxylation sites is 1. The Labute approximate surface area is 403 Å². The number of hydrogen-bond donors (Lipinski definition) is 3. The number of nitrogens with zero attached hydrogens (tertiary/aromatic N) is 8. The normalized spacial score (nSPS) is 18.7. The number of carbonyl (C=O) groups excluding carboxylic acids is 4. The van der Waals surface area contributed by atoms with Gasteiger partial charge in [-0.2, -0.15) is 0 Å². The molecule has 0 bridgehead atoms. The largest absolute Gasteiger partial charge is 0.507 e. The number of piperazine rings is 1. The van der Waals surface area contributed by atoms with Gasteiger partial charge in [-0.3, -0.25) is 34.3 Å². The molecule has 4 aliphatic rings. The molecular formula is C53H62N10O6. The van der Waals surface area contributed by atoms with Gasteiger partial charge in [-0.1, -0.05) is 50.3 Å². The molecule has 2 unspecified atom stereocenters. The quantitative estimate of drug-likeness (QED) is 0.0594. The fourth-order valence-electron chi connectivity index (χ4n) is 10.1. The fourth-order valence-corrected chi connectivity index (χ4v) is 10.1. The van der Waals surface area contributed by atoms with E-state index in [9.17, 15) is 24.3 Å². The lowest BCUT2D eigenvalue weighted by Gasteiger charge is -2.37. The lowest BCUT2D eigenvalue weighted by molar-refractivity contribution is -0.136. The number of imide groups is 2. The Morgan fingerprint density at radius 1 is 0.768 bits per heavy atom. The average molecular weight is 935 g/mol. The first-order valence-corrected chi connectivity index (χ1v) is 24.5. The molecule has 0 aliphatic carbocycles. The van der Waals surface area contributed by atoms with E-state index in [4.69, 9.17) is 10.5 Å². The number of anilines is 5. The second-order valence-electron chi connectivity index (χ2n) is 18.6. The van der Waals surface area contributed by atoms with Gasteiger partial charge in [0.15, 0.2) is 11.6 Å². The van der Waals surface area contributed by atoms with Gasteiger partial charge in [0.05, 0.1) is 23.4 Å². The zero-order valence-corrected chi connectivity index (χ0v) is 39.4. The molecule has 16 heteroatoms. The average Bonchev–Trinajstić information content (AvgIpc) is 3.62. The number of phenols is 1. The van der Waals surface area contributed by atoms with Gasteiger partial charge >= 0.3 is 0 Å². The predicted molar refractivity (Wildman–Crippen MR) is 266 cm³/mol. The topological polar surface area (TPSA) is 191 Å². The van der Waals surface area contributed by atoms with Crippen LogP contribution in [-0.2, 0) is 16.0 Å². The Morgan fingerprint density at radius 2 is 1.49 bits per heavy atom. The Bertz CT molecular complexity index is 2650. The number of phenolic OH excluding ortho intramolecular Hbond substituents is 1. The fraction of sp³-hybridized carbons (Fsp3) is 0.415. The standard InChI is InChI=1S/C53H62N10O6/c1-59(43-17-11-16-41-49(43)53(68)63(52(41)67)44-23-24-48(65)56-51(44)66)47-33-36(25-26-55-47)13-7-5-3-2-4-6-10-27-60-29-31-61(32-30-60)37-19-21-38(22-20-37)62-28-12-14-39(35-62)69-46-34-42(57-58-50(46)54)40-15-8-9-18-45(40)64/h8-9,11,15-22,25-26,33-34,39,44,64H,2-7,10,12-14,23-24,27-32,35H2,1H3,(H2,54,58)(H,56,65,66). The zero-order chi connectivity index (χ0) is 47.9. The number of fused-ring (bicyclic) bond motifs is 1. The lowest BCUT2D eigenvalue weighted by atomic mass is 10.0. The summed E-state index contributed by atoms with van der Waals surface area (Å²) in [5, 5.41) is 20.9. The number of hydrogen-bond acceptors (Lipinski definition) is 14. The van der Waals surface area contributed by atoms with E-state index in [2.05, 4.69) is 59.5 Å². The number of nitrogens with one attached hydrogen (secondary N) is 1. The highest BCUT2D eigenvalue weighted by molar-refractivity contribution is 6.25. The third-order valence-corrected chi connectivity index (χ3v) is 14.0. The van der Waals surface area contributed by atoms with Crippen LogP contribution in [0.5, 0.6) is 11.5 Å². The minimum Gasteiger partial charge on any atom is -0.507 e. The Hall–Kier alpha value is -7.07. The van der Waals surface area contributed by atoms with Crippen LogP contribution in [0.4, 0.5) is 28.7 Å². The van der Waals surface area contributed by atoms with Gasteiger partial charge in [0, 0.05) is 75.4 Å². The molecule has 0 saturated carbocycles. The summed E-state index contributed by atoms with van der Waals surface area (Å²) < 4.78 is 6.40. The Balaban J connectivity index is 0.653. The summed E-state index contributed by atoms with van der Waals surface area (Å²) in [6, 6.07) is 25.9. The van der Waals surface area contributed by atoms with E-state index in [1.807, 2.05) is 30.1 Å². The minimum atomic E-state index is -1.02. The van der Waals surface area contributed by atoms with Crippen molar-refractivity contribution in [3.05, 3.63) is 108 Å². The number of rotatable bonds is 18. The van der Waals surface area contributed by atoms with Crippen LogP contribution in [0, 0.1) is 0 Å². The minimum absolute atomic E-state index is 0.0504. The van der Waals surface area contributed by atoms with Crippen LogP contribution in [-0.4, -0.2) is 119 Å². The summed E-state index contributed by atoms with van der Waals surface area (Å²) >= 11 is 0. The second-order valence-corrected chi connectivity index (χ2v) is 18.6. The van der Waals surface area contributed by atoms with Gasteiger partial charge in [-0.05, 0) is 111 Å². The Kier molecular flexibility index (Phi) is 14.6. The summed E-state index contributed by atoms with van der Waals surface area (Å²) in [6.45, 7) is 7.06. The van der Waals surface area contributed by atoms with Crippen LogP contribution >= 0.6 is 0 Å². The molecule has 0 radical (unpaired) electrons. The summed E-state index contributed by atoms with van der Waals surface area (Å²) in [6.07, 6.45) is 13.2. The van der Waals surface area contributed by atoms with Gasteiger partial charge in [0.25, 0.3) is 11.8 Å². The molecule has 5 aromatic rings. The third-order valence-electron chi connectivity index (χ3n) is 14.0. The maximum atomic E-state index is 13.7. The number of pyridine rings is 1. The van der Waals surface area contributed by atoms with Crippen LogP contribution in [0.2, 0.25) is 0 Å². The highest BCUT2D eigenvalue weighted by atomic mass is 16.5. The molecule has 0 spiro atoms. The molecule has 4 N–H and O–H groups in total. The summed E-state index contributed by atoms with van der Waals surface area (Å²) in [7, 11) is 1.83. The van der Waals surface area contributed by atoms with E-state index in [1.165, 1.54) is 43.5 Å². The molecule has 3 saturated heterocycles. The number of carbonyl (C=O) groups is 4. The molecule has 2 aromatic heterocycles. The first-order valence-electron chi connectivity index (χ1n) is 24.5. The van der Waals surface area contributed by atoms with Gasteiger partial charge in [-0.15, -0.1) is 10.2 Å². The molecule has 3 aromatic carbocycles. The van der Waals surface area contributed by atoms with Crippen molar-refractivity contribution >= 4 is 52.3 Å². The number of aromatic nitrogens is 3. The van der Waals surface area contributed by atoms with E-state index in [0.29, 0.717) is 28.5 Å². The van der Waals surface area contributed by atoms with Gasteiger partial charge in [0.1, 0.15) is 29.4 Å². The molecule has 360 valence electrons. The lowest BCUT2D eigenvalue weighted by Crippen LogP contribution is -2.54. The van der Waals surface area contributed by atoms with E-state index in [-0.39, 0.29) is 41.6 Å². The molecule has 16 nitrogen and oxygen atoms in total. The van der Waals surface area contributed by atoms with E-state index >= 15 is 0 Å². The molecule has 69 heavy (non-hydrogen) atoms. The van der Waals surface area contributed by atoms with Gasteiger partial charge in [0.2, 0.25) is 11.8 Å². The SMILES string of the molecule is CN(c1cc(CCCCCCCCCN2CCN(c3ccc(N4CCCC(Oc5cc(-c6ccccc6O)nnc5N)C4)cc3)CC2)ccn1)c1cccc2c1C(=O)N(C1CCC(=O)NC1=O)C2=O. The van der Waals surface area contributed by atoms with Crippen molar-refractivity contribution < 1.29 is 29.0 Å². The number of nitrogen functional groups attached to an aromatic ring is 1. The first kappa shape index (κ1) is 47.0. The highest BCUT2D eigenvalue weighted by Crippen LogP contribution is 2.37. The maximum Gasteiger partial charge on any atom is 0.264 e. The van der Waals surface area contributed by atoms with Crippen LogP contribution in [0.25, 0.3) is 11.3 Å². The van der Waals surface area contributed by atoms with Crippen molar-refractivity contribution in [2.24, 2.45) is 0 Å².